The van der Waals surface area contributed by atoms with Gasteiger partial charge in [-0.2, -0.15) is 0 Å². The summed E-state index contributed by atoms with van der Waals surface area (Å²) in [6.07, 6.45) is 0. The van der Waals surface area contributed by atoms with Gasteiger partial charge in [-0.25, -0.2) is 0 Å². The van der Waals surface area contributed by atoms with E-state index in [4.69, 9.17) is 5.53 Å². The van der Waals surface area contributed by atoms with Crippen LogP contribution in [0.25, 0.3) is 10.4 Å². The Kier molecular flexibility index (Phi) is 4.06. The number of hydrogen-bond donors (Lipinski definition) is 0. The molecule has 3 nitrogen and oxygen atoms in total. The minimum absolute atomic E-state index is 0.191. The first-order chi connectivity index (χ1) is 7.04. The van der Waals surface area contributed by atoms with Gasteiger partial charge in [-0.15, -0.1) is 0 Å². The van der Waals surface area contributed by atoms with Gasteiger partial charge in [0.05, 0.1) is 0 Å². The number of azide groups is 1. The molecule has 0 saturated heterocycles. The number of hydrogen-bond acceptors (Lipinski definition) is 2. The molecule has 0 bridgehead atoms. The van der Waals surface area contributed by atoms with Crippen LogP contribution in [0.1, 0.15) is 31.9 Å². The van der Waals surface area contributed by atoms with Gasteiger partial charge in [0.2, 0.25) is 0 Å². The molecule has 0 unspecified atom stereocenters. The summed E-state index contributed by atoms with van der Waals surface area (Å²) < 4.78 is 3.44. The summed E-state index contributed by atoms with van der Waals surface area (Å²) >= 11 is 1.23. The first kappa shape index (κ1) is 12.0. The highest BCUT2D eigenvalue weighted by Crippen LogP contribution is 2.23. The fraction of sp³-hybridized carbons (Fsp3) is 0.455. The lowest BCUT2D eigenvalue weighted by molar-refractivity contribution is 0.590. The van der Waals surface area contributed by atoms with Crippen LogP contribution in [-0.4, -0.2) is 0 Å². The van der Waals surface area contributed by atoms with Crippen LogP contribution in [0.15, 0.2) is 28.8 Å². The Hall–Kier alpha value is -1.12. The topological polar surface area (TPSA) is 48.8 Å². The molecule has 80 valence electrons. The van der Waals surface area contributed by atoms with Crippen LogP contribution in [-0.2, 0) is 11.2 Å². The van der Waals surface area contributed by atoms with Crippen LogP contribution in [0.5, 0.6) is 0 Å². The van der Waals surface area contributed by atoms with E-state index in [9.17, 15) is 0 Å². The summed E-state index contributed by atoms with van der Waals surface area (Å²) in [5.41, 5.74) is 10.8. The SMILES string of the molecule is CC(C)(C)c1ccc(CSN=[N+]=[N-])cc1. The van der Waals surface area contributed by atoms with E-state index in [0.29, 0.717) is 0 Å². The van der Waals surface area contributed by atoms with Crippen molar-refractivity contribution in [1.82, 2.24) is 0 Å². The third-order valence-corrected chi connectivity index (χ3v) is 2.80. The Morgan fingerprint density at radius 3 is 2.33 bits per heavy atom. The van der Waals surface area contributed by atoms with Gasteiger partial charge in [0.1, 0.15) is 0 Å². The fourth-order valence-electron chi connectivity index (χ4n) is 1.23. The molecule has 0 saturated carbocycles. The molecule has 0 aromatic heterocycles. The average molecular weight is 221 g/mol. The van der Waals surface area contributed by atoms with E-state index in [2.05, 4.69) is 54.5 Å². The van der Waals surface area contributed by atoms with Gasteiger partial charge in [-0.3, -0.25) is 0 Å². The lowest BCUT2D eigenvalue weighted by atomic mass is 9.87. The predicted molar refractivity (Wildman–Crippen MR) is 65.6 cm³/mol. The average Bonchev–Trinajstić information content (AvgIpc) is 2.18. The maximum absolute atomic E-state index is 8.13. The molecule has 0 aliphatic heterocycles. The van der Waals surface area contributed by atoms with Crippen LogP contribution >= 0.6 is 11.9 Å². The van der Waals surface area contributed by atoms with E-state index >= 15 is 0 Å². The molecule has 0 fully saturated rings. The van der Waals surface area contributed by atoms with Gasteiger partial charge in [0.15, 0.2) is 0 Å². The minimum Gasteiger partial charge on any atom is -0.0619 e. The summed E-state index contributed by atoms with van der Waals surface area (Å²) in [5.74, 6) is 0.731. The van der Waals surface area contributed by atoms with Crippen LogP contribution in [0.3, 0.4) is 0 Å². The molecule has 0 radical (unpaired) electrons. The molecule has 1 rings (SSSR count). The highest BCUT2D eigenvalue weighted by Gasteiger charge is 2.12. The predicted octanol–water partition coefficient (Wildman–Crippen LogP) is 4.44. The summed E-state index contributed by atoms with van der Waals surface area (Å²) in [5, 5.41) is 0. The monoisotopic (exact) mass is 221 g/mol. The molecular formula is C11H15N3S. The first-order valence-corrected chi connectivity index (χ1v) is 5.74. The maximum Gasteiger partial charge on any atom is 0.0256 e. The standard InChI is InChI=1S/C11H15N3S/c1-11(2,3)10-6-4-9(5-7-10)8-15-14-13-12/h4-7H,8H2,1-3H3. The normalized spacial score (nSPS) is 10.9. The Balaban J connectivity index is 2.68. The molecule has 4 heteroatoms. The zero-order valence-corrected chi connectivity index (χ0v) is 10.1. The summed E-state index contributed by atoms with van der Waals surface area (Å²) in [4.78, 5) is 2.70. The van der Waals surface area contributed by atoms with Gasteiger partial charge >= 0.3 is 0 Å². The van der Waals surface area contributed by atoms with Crippen molar-refractivity contribution >= 4 is 11.9 Å². The van der Waals surface area contributed by atoms with Crippen LogP contribution < -0.4 is 0 Å². The third kappa shape index (κ3) is 3.86. The lowest BCUT2D eigenvalue weighted by Gasteiger charge is -2.18. The Bertz CT molecular complexity index is 358. The molecule has 0 aliphatic carbocycles. The van der Waals surface area contributed by atoms with Crippen molar-refractivity contribution in [2.45, 2.75) is 31.9 Å². The van der Waals surface area contributed by atoms with Crippen molar-refractivity contribution in [3.63, 3.8) is 0 Å². The Labute approximate surface area is 94.6 Å². The number of nitrogens with zero attached hydrogens (tertiary/aromatic N) is 3. The van der Waals surface area contributed by atoms with Crippen molar-refractivity contribution in [1.29, 1.82) is 0 Å². The second-order valence-corrected chi connectivity index (χ2v) is 5.10. The van der Waals surface area contributed by atoms with E-state index in [1.807, 2.05) is 0 Å². The minimum atomic E-state index is 0.191. The molecule has 0 spiro atoms. The van der Waals surface area contributed by atoms with E-state index in [0.717, 1.165) is 5.75 Å². The summed E-state index contributed by atoms with van der Waals surface area (Å²) in [6.45, 7) is 6.57. The van der Waals surface area contributed by atoms with Crippen molar-refractivity contribution in [2.24, 2.45) is 4.52 Å². The number of rotatable bonds is 3. The quantitative estimate of drug-likeness (QED) is 0.322. The molecule has 0 N–H and O–H groups in total. The van der Waals surface area contributed by atoms with Crippen molar-refractivity contribution in [2.75, 3.05) is 0 Å². The second-order valence-electron chi connectivity index (χ2n) is 4.39. The Morgan fingerprint density at radius 2 is 1.87 bits per heavy atom. The Morgan fingerprint density at radius 1 is 1.27 bits per heavy atom. The first-order valence-electron chi connectivity index (χ1n) is 4.80. The smallest absolute Gasteiger partial charge is 0.0256 e. The number of benzene rings is 1. The van der Waals surface area contributed by atoms with E-state index < -0.39 is 0 Å². The largest absolute Gasteiger partial charge is 0.0619 e. The molecule has 0 amide bonds. The maximum atomic E-state index is 8.13. The highest BCUT2D eigenvalue weighted by molar-refractivity contribution is 7.97. The van der Waals surface area contributed by atoms with Gasteiger partial charge < -0.3 is 0 Å². The van der Waals surface area contributed by atoms with Crippen LogP contribution in [0, 0.1) is 0 Å². The molecule has 0 heterocycles. The van der Waals surface area contributed by atoms with Crippen molar-refractivity contribution in [3.8, 4) is 0 Å². The van der Waals surface area contributed by atoms with Gasteiger partial charge in [-0.1, -0.05) is 57.0 Å². The van der Waals surface area contributed by atoms with Gasteiger partial charge in [0.25, 0.3) is 0 Å². The summed E-state index contributed by atoms with van der Waals surface area (Å²) in [7, 11) is 0. The molecule has 15 heavy (non-hydrogen) atoms. The fourth-order valence-corrected chi connectivity index (χ4v) is 1.68. The van der Waals surface area contributed by atoms with E-state index in [-0.39, 0.29) is 5.41 Å². The van der Waals surface area contributed by atoms with E-state index in [1.165, 1.54) is 23.1 Å². The van der Waals surface area contributed by atoms with Crippen molar-refractivity contribution < 1.29 is 0 Å². The highest BCUT2D eigenvalue weighted by atomic mass is 32.2. The lowest BCUT2D eigenvalue weighted by Crippen LogP contribution is -2.10. The molecule has 1 aromatic rings. The summed E-state index contributed by atoms with van der Waals surface area (Å²) in [6, 6.07) is 8.43. The molecule has 1 aromatic carbocycles. The molecule has 0 aliphatic rings. The third-order valence-electron chi connectivity index (χ3n) is 2.15. The van der Waals surface area contributed by atoms with Gasteiger partial charge in [0, 0.05) is 10.7 Å². The van der Waals surface area contributed by atoms with Crippen LogP contribution in [0.2, 0.25) is 0 Å². The van der Waals surface area contributed by atoms with Crippen LogP contribution in [0.4, 0.5) is 0 Å². The molecular weight excluding hydrogens is 206 g/mol. The molecule has 0 atom stereocenters. The second kappa shape index (κ2) is 5.10. The van der Waals surface area contributed by atoms with E-state index in [1.54, 1.807) is 0 Å². The zero-order chi connectivity index (χ0) is 11.3. The zero-order valence-electron chi connectivity index (χ0n) is 9.27. The van der Waals surface area contributed by atoms with Gasteiger partial charge in [-0.05, 0) is 26.6 Å². The van der Waals surface area contributed by atoms with Crippen molar-refractivity contribution in [3.05, 3.63) is 45.8 Å².